The minimum absolute atomic E-state index is 0.947. The Morgan fingerprint density at radius 3 is 1.24 bits per heavy atom. The first-order valence-corrected chi connectivity index (χ1v) is 14.9. The van der Waals surface area contributed by atoms with Gasteiger partial charge in [0.05, 0.1) is 33.4 Å². The van der Waals surface area contributed by atoms with E-state index >= 15 is 0 Å². The molecule has 0 bridgehead atoms. The van der Waals surface area contributed by atoms with Gasteiger partial charge in [0, 0.05) is 34.4 Å². The minimum atomic E-state index is 0.947. The molecule has 0 fully saturated rings. The fourth-order valence-electron chi connectivity index (χ4n) is 8.20. The lowest BCUT2D eigenvalue weighted by molar-refractivity contribution is 0.990. The van der Waals surface area contributed by atoms with Crippen LogP contribution < -0.4 is 0 Å². The standard InChI is InChI=1S/C40H24N2/c1-3-9-25-19-37-33(17-23(25)7-1)31-13-5-11-27-15-29-22-36-30(21-35(29)41(37)39(27)31)16-28-12-6-14-32-34-18-24-8-2-4-10-26(24)20-38(34)42(36)40(28)32/h1-14,17-22H,15-16H2. The molecule has 194 valence electrons. The Balaban J connectivity index is 1.26. The summed E-state index contributed by atoms with van der Waals surface area (Å²) >= 11 is 0. The Hall–Kier alpha value is -5.34. The van der Waals surface area contributed by atoms with Crippen molar-refractivity contribution in [2.45, 2.75) is 12.8 Å². The van der Waals surface area contributed by atoms with Crippen molar-refractivity contribution in [3.05, 3.63) is 144 Å². The number of para-hydroxylation sites is 2. The maximum absolute atomic E-state index is 2.56. The van der Waals surface area contributed by atoms with E-state index in [-0.39, 0.29) is 0 Å². The Kier molecular flexibility index (Phi) is 3.72. The molecule has 2 aliphatic rings. The molecule has 7 aromatic carbocycles. The van der Waals surface area contributed by atoms with Crippen LogP contribution in [0.3, 0.4) is 0 Å². The van der Waals surface area contributed by atoms with Gasteiger partial charge in [0.1, 0.15) is 0 Å². The summed E-state index contributed by atoms with van der Waals surface area (Å²) in [6.07, 6.45) is 1.89. The molecule has 0 aliphatic carbocycles. The van der Waals surface area contributed by atoms with E-state index in [9.17, 15) is 0 Å². The van der Waals surface area contributed by atoms with Gasteiger partial charge in [0.2, 0.25) is 0 Å². The molecule has 0 amide bonds. The van der Waals surface area contributed by atoms with Crippen molar-refractivity contribution in [2.75, 3.05) is 0 Å². The average molecular weight is 533 g/mol. The molecule has 0 saturated heterocycles. The summed E-state index contributed by atoms with van der Waals surface area (Å²) in [6.45, 7) is 0. The third-order valence-corrected chi connectivity index (χ3v) is 10.0. The number of fused-ring (bicyclic) bond motifs is 12. The summed E-state index contributed by atoms with van der Waals surface area (Å²) in [7, 11) is 0. The molecule has 2 aromatic heterocycles. The summed E-state index contributed by atoms with van der Waals surface area (Å²) < 4.78 is 5.12. The van der Waals surface area contributed by atoms with Crippen molar-refractivity contribution in [3.63, 3.8) is 0 Å². The zero-order chi connectivity index (χ0) is 27.1. The summed E-state index contributed by atoms with van der Waals surface area (Å²) in [5.74, 6) is 0. The zero-order valence-electron chi connectivity index (χ0n) is 22.9. The number of hydrogen-bond donors (Lipinski definition) is 0. The van der Waals surface area contributed by atoms with Gasteiger partial charge in [-0.15, -0.1) is 0 Å². The molecule has 11 rings (SSSR count). The topological polar surface area (TPSA) is 9.86 Å². The van der Waals surface area contributed by atoms with Gasteiger partial charge in [-0.2, -0.15) is 0 Å². The van der Waals surface area contributed by atoms with Crippen LogP contribution >= 0.6 is 0 Å². The Bertz CT molecular complexity index is 2490. The van der Waals surface area contributed by atoms with E-state index in [1.807, 2.05) is 0 Å². The first kappa shape index (κ1) is 21.4. The van der Waals surface area contributed by atoms with Gasteiger partial charge in [-0.05, 0) is 80.2 Å². The van der Waals surface area contributed by atoms with Gasteiger partial charge in [-0.25, -0.2) is 0 Å². The summed E-state index contributed by atoms with van der Waals surface area (Å²) in [5.41, 5.74) is 13.6. The number of hydrogen-bond acceptors (Lipinski definition) is 0. The highest BCUT2D eigenvalue weighted by molar-refractivity contribution is 6.16. The van der Waals surface area contributed by atoms with Crippen molar-refractivity contribution in [3.8, 4) is 11.4 Å². The maximum Gasteiger partial charge on any atom is 0.0576 e. The largest absolute Gasteiger partial charge is 0.309 e. The molecule has 0 N–H and O–H groups in total. The second-order valence-corrected chi connectivity index (χ2v) is 12.2. The minimum Gasteiger partial charge on any atom is -0.309 e. The van der Waals surface area contributed by atoms with Crippen molar-refractivity contribution >= 4 is 65.2 Å². The van der Waals surface area contributed by atoms with Crippen LogP contribution in [0.25, 0.3) is 76.5 Å². The Morgan fingerprint density at radius 2 is 0.786 bits per heavy atom. The monoisotopic (exact) mass is 532 g/mol. The Morgan fingerprint density at radius 1 is 0.357 bits per heavy atom. The van der Waals surface area contributed by atoms with Crippen LogP contribution in [0.1, 0.15) is 22.3 Å². The van der Waals surface area contributed by atoms with E-state index < -0.39 is 0 Å². The summed E-state index contributed by atoms with van der Waals surface area (Å²) in [4.78, 5) is 0. The molecule has 0 atom stereocenters. The van der Waals surface area contributed by atoms with Crippen LogP contribution in [0.4, 0.5) is 0 Å². The molecule has 0 spiro atoms. The van der Waals surface area contributed by atoms with Gasteiger partial charge < -0.3 is 9.13 Å². The molecule has 0 radical (unpaired) electrons. The van der Waals surface area contributed by atoms with Crippen LogP contribution in [0.2, 0.25) is 0 Å². The van der Waals surface area contributed by atoms with E-state index in [1.165, 1.54) is 98.8 Å². The number of benzene rings is 7. The third kappa shape index (κ3) is 2.53. The SMILES string of the molecule is c1ccc2cc3c(cc2c1)c1cccc2c1n3-c1cc3c(cc1C2)-n1c2cc4ccccc4cc2c2cccc(c21)C3. The molecule has 2 nitrogen and oxygen atoms in total. The molecular formula is C40H24N2. The fourth-order valence-corrected chi connectivity index (χ4v) is 8.20. The van der Waals surface area contributed by atoms with Crippen molar-refractivity contribution in [2.24, 2.45) is 0 Å². The third-order valence-electron chi connectivity index (χ3n) is 10.0. The molecule has 2 aliphatic heterocycles. The first-order valence-electron chi connectivity index (χ1n) is 14.9. The number of aromatic nitrogens is 2. The summed E-state index contributed by atoms with van der Waals surface area (Å²) in [6, 6.07) is 45.8. The lowest BCUT2D eigenvalue weighted by atomic mass is 9.91. The van der Waals surface area contributed by atoms with Gasteiger partial charge >= 0.3 is 0 Å². The van der Waals surface area contributed by atoms with Crippen LogP contribution in [0.15, 0.2) is 121 Å². The lowest BCUT2D eigenvalue weighted by Crippen LogP contribution is -2.14. The second kappa shape index (κ2) is 7.29. The van der Waals surface area contributed by atoms with E-state index in [1.54, 1.807) is 0 Å². The molecule has 0 unspecified atom stereocenters. The average Bonchev–Trinajstić information content (AvgIpc) is 3.53. The fraction of sp³-hybridized carbons (Fsp3) is 0.0500. The second-order valence-electron chi connectivity index (χ2n) is 12.2. The summed E-state index contributed by atoms with van der Waals surface area (Å²) in [5, 5.41) is 10.6. The molecule has 4 heterocycles. The highest BCUT2D eigenvalue weighted by Gasteiger charge is 2.28. The van der Waals surface area contributed by atoms with Crippen molar-refractivity contribution in [1.82, 2.24) is 9.13 Å². The van der Waals surface area contributed by atoms with Crippen molar-refractivity contribution in [1.29, 1.82) is 0 Å². The maximum atomic E-state index is 2.56. The molecule has 42 heavy (non-hydrogen) atoms. The normalized spacial score (nSPS) is 13.5. The molecular weight excluding hydrogens is 508 g/mol. The smallest absolute Gasteiger partial charge is 0.0576 e. The quantitative estimate of drug-likeness (QED) is 0.184. The van der Waals surface area contributed by atoms with Gasteiger partial charge in [0.25, 0.3) is 0 Å². The van der Waals surface area contributed by atoms with Gasteiger partial charge in [-0.3, -0.25) is 0 Å². The molecule has 9 aromatic rings. The van der Waals surface area contributed by atoms with E-state index in [4.69, 9.17) is 0 Å². The molecule has 2 heteroatoms. The number of nitrogens with zero attached hydrogens (tertiary/aromatic N) is 2. The van der Waals surface area contributed by atoms with Crippen LogP contribution in [-0.2, 0) is 12.8 Å². The van der Waals surface area contributed by atoms with Gasteiger partial charge in [0.15, 0.2) is 0 Å². The first-order chi connectivity index (χ1) is 20.8. The van der Waals surface area contributed by atoms with E-state index in [0.29, 0.717) is 0 Å². The highest BCUT2D eigenvalue weighted by Crippen LogP contribution is 2.45. The van der Waals surface area contributed by atoms with E-state index in [2.05, 4.69) is 130 Å². The predicted molar refractivity (Wildman–Crippen MR) is 176 cm³/mol. The lowest BCUT2D eigenvalue weighted by Gasteiger charge is -2.27. The van der Waals surface area contributed by atoms with Gasteiger partial charge in [-0.1, -0.05) is 84.9 Å². The Labute approximate surface area is 241 Å². The zero-order valence-corrected chi connectivity index (χ0v) is 22.9. The molecule has 0 saturated carbocycles. The predicted octanol–water partition coefficient (Wildman–Crippen LogP) is 10.00. The number of rotatable bonds is 0. The van der Waals surface area contributed by atoms with Crippen LogP contribution in [0, 0.1) is 0 Å². The highest BCUT2D eigenvalue weighted by atomic mass is 15.0. The van der Waals surface area contributed by atoms with Crippen LogP contribution in [0.5, 0.6) is 0 Å². The van der Waals surface area contributed by atoms with Crippen molar-refractivity contribution < 1.29 is 0 Å². The van der Waals surface area contributed by atoms with E-state index in [0.717, 1.165) is 12.8 Å². The van der Waals surface area contributed by atoms with Crippen LogP contribution in [-0.4, -0.2) is 9.13 Å².